The third kappa shape index (κ3) is 3.12. The van der Waals surface area contributed by atoms with Crippen molar-refractivity contribution >= 4 is 16.6 Å². The van der Waals surface area contributed by atoms with Crippen molar-refractivity contribution in [2.75, 3.05) is 11.9 Å². The van der Waals surface area contributed by atoms with Crippen LogP contribution in [0.25, 0.3) is 10.9 Å². The second-order valence-electron chi connectivity index (χ2n) is 5.82. The zero-order valence-corrected chi connectivity index (χ0v) is 12.2. The average Bonchev–Trinajstić information content (AvgIpc) is 2.94. The largest absolute Gasteiger partial charge is 0.382 e. The molecule has 0 amide bonds. The molecule has 4 nitrogen and oxygen atoms in total. The molecule has 0 aliphatic heterocycles. The molecule has 1 aliphatic rings. The maximum absolute atomic E-state index is 4.07. The summed E-state index contributed by atoms with van der Waals surface area (Å²) in [5.41, 5.74) is 2.31. The molecular formula is C16H24N4. The monoisotopic (exact) mass is 272 g/mol. The minimum atomic E-state index is 0.610. The van der Waals surface area contributed by atoms with E-state index in [-0.39, 0.29) is 0 Å². The van der Waals surface area contributed by atoms with Crippen LogP contribution in [0.15, 0.2) is 24.4 Å². The Morgan fingerprint density at radius 1 is 1.20 bits per heavy atom. The Hall–Kier alpha value is -1.55. The van der Waals surface area contributed by atoms with Crippen LogP contribution in [0.3, 0.4) is 0 Å². The summed E-state index contributed by atoms with van der Waals surface area (Å²) in [6, 6.07) is 7.75. The molecule has 0 bridgehead atoms. The number of aromatic amines is 1. The van der Waals surface area contributed by atoms with Gasteiger partial charge in [0, 0.05) is 23.2 Å². The maximum atomic E-state index is 4.07. The second kappa shape index (κ2) is 6.27. The van der Waals surface area contributed by atoms with Gasteiger partial charge >= 0.3 is 0 Å². The second-order valence-corrected chi connectivity index (χ2v) is 5.82. The molecule has 1 saturated carbocycles. The number of aromatic nitrogens is 2. The predicted molar refractivity (Wildman–Crippen MR) is 84.1 cm³/mol. The first-order valence-electron chi connectivity index (χ1n) is 7.78. The van der Waals surface area contributed by atoms with Crippen molar-refractivity contribution < 1.29 is 0 Å². The summed E-state index contributed by atoms with van der Waals surface area (Å²) in [5, 5.41) is 15.5. The summed E-state index contributed by atoms with van der Waals surface area (Å²) in [6.07, 6.45) is 8.18. The van der Waals surface area contributed by atoms with Gasteiger partial charge in [0.25, 0.3) is 0 Å². The molecule has 2 aromatic rings. The summed E-state index contributed by atoms with van der Waals surface area (Å²) >= 11 is 0. The first kappa shape index (κ1) is 13.4. The standard InChI is InChI=1S/C16H24N4/c1-2-9-17-13-3-5-14(6-4-13)19-15-7-8-16-12(10-15)11-18-20-16/h7-8,10-11,13-14,17,19H,2-6,9H2,1H3,(H,18,20). The van der Waals surface area contributed by atoms with Gasteiger partial charge in [-0.3, -0.25) is 5.10 Å². The zero-order valence-electron chi connectivity index (χ0n) is 12.2. The van der Waals surface area contributed by atoms with Crippen LogP contribution in [0.5, 0.6) is 0 Å². The van der Waals surface area contributed by atoms with Gasteiger partial charge in [-0.15, -0.1) is 0 Å². The van der Waals surface area contributed by atoms with Gasteiger partial charge in [-0.05, 0) is 56.8 Å². The third-order valence-corrected chi connectivity index (χ3v) is 4.22. The van der Waals surface area contributed by atoms with E-state index in [0.717, 1.165) is 18.1 Å². The Bertz CT molecular complexity index is 540. The van der Waals surface area contributed by atoms with Crippen molar-refractivity contribution in [2.24, 2.45) is 0 Å². The summed E-state index contributed by atoms with van der Waals surface area (Å²) in [5.74, 6) is 0. The molecule has 3 rings (SSSR count). The predicted octanol–water partition coefficient (Wildman–Crippen LogP) is 3.29. The van der Waals surface area contributed by atoms with Crippen molar-refractivity contribution in [1.29, 1.82) is 0 Å². The molecule has 4 heteroatoms. The van der Waals surface area contributed by atoms with Gasteiger partial charge in [0.1, 0.15) is 0 Å². The highest BCUT2D eigenvalue weighted by molar-refractivity contribution is 5.81. The van der Waals surface area contributed by atoms with E-state index in [4.69, 9.17) is 0 Å². The number of nitrogens with zero attached hydrogens (tertiary/aromatic N) is 1. The van der Waals surface area contributed by atoms with E-state index in [1.165, 1.54) is 43.2 Å². The van der Waals surface area contributed by atoms with E-state index in [0.29, 0.717) is 6.04 Å². The molecule has 1 aromatic carbocycles. The SMILES string of the molecule is CCCNC1CCC(Nc2ccc3[nH]ncc3c2)CC1. The van der Waals surface area contributed by atoms with Crippen LogP contribution in [0.1, 0.15) is 39.0 Å². The molecule has 1 aliphatic carbocycles. The fraction of sp³-hybridized carbons (Fsp3) is 0.562. The van der Waals surface area contributed by atoms with Gasteiger partial charge in [0.15, 0.2) is 0 Å². The highest BCUT2D eigenvalue weighted by Crippen LogP contribution is 2.24. The van der Waals surface area contributed by atoms with Gasteiger partial charge < -0.3 is 10.6 Å². The Morgan fingerprint density at radius 2 is 2.00 bits per heavy atom. The molecule has 0 radical (unpaired) electrons. The molecular weight excluding hydrogens is 248 g/mol. The number of hydrogen-bond donors (Lipinski definition) is 3. The molecule has 0 spiro atoms. The van der Waals surface area contributed by atoms with Crippen molar-refractivity contribution in [1.82, 2.24) is 15.5 Å². The molecule has 0 atom stereocenters. The lowest BCUT2D eigenvalue weighted by Crippen LogP contribution is -2.37. The highest BCUT2D eigenvalue weighted by Gasteiger charge is 2.20. The molecule has 0 saturated heterocycles. The summed E-state index contributed by atoms with van der Waals surface area (Å²) < 4.78 is 0. The molecule has 3 N–H and O–H groups in total. The van der Waals surface area contributed by atoms with Gasteiger partial charge in [-0.1, -0.05) is 6.92 Å². The van der Waals surface area contributed by atoms with E-state index in [1.807, 2.05) is 6.20 Å². The number of fused-ring (bicyclic) bond motifs is 1. The molecule has 1 aromatic heterocycles. The lowest BCUT2D eigenvalue weighted by atomic mass is 9.91. The molecule has 1 heterocycles. The van der Waals surface area contributed by atoms with Crippen molar-refractivity contribution in [3.63, 3.8) is 0 Å². The number of anilines is 1. The first-order valence-corrected chi connectivity index (χ1v) is 7.78. The number of hydrogen-bond acceptors (Lipinski definition) is 3. The van der Waals surface area contributed by atoms with Crippen LogP contribution >= 0.6 is 0 Å². The summed E-state index contributed by atoms with van der Waals surface area (Å²) in [4.78, 5) is 0. The fourth-order valence-corrected chi connectivity index (χ4v) is 3.06. The minimum absolute atomic E-state index is 0.610. The Kier molecular flexibility index (Phi) is 4.21. The fourth-order valence-electron chi connectivity index (χ4n) is 3.06. The van der Waals surface area contributed by atoms with Crippen molar-refractivity contribution in [3.05, 3.63) is 24.4 Å². The lowest BCUT2D eigenvalue weighted by Gasteiger charge is -2.30. The van der Waals surface area contributed by atoms with Gasteiger partial charge in [-0.2, -0.15) is 5.10 Å². The minimum Gasteiger partial charge on any atom is -0.382 e. The zero-order chi connectivity index (χ0) is 13.8. The molecule has 0 unspecified atom stereocenters. The average molecular weight is 272 g/mol. The highest BCUT2D eigenvalue weighted by atomic mass is 15.1. The van der Waals surface area contributed by atoms with E-state index < -0.39 is 0 Å². The lowest BCUT2D eigenvalue weighted by molar-refractivity contribution is 0.355. The van der Waals surface area contributed by atoms with Crippen LogP contribution in [0.2, 0.25) is 0 Å². The number of rotatable bonds is 5. The van der Waals surface area contributed by atoms with Crippen LogP contribution in [0, 0.1) is 0 Å². The molecule has 1 fully saturated rings. The van der Waals surface area contributed by atoms with Crippen LogP contribution in [0.4, 0.5) is 5.69 Å². The van der Waals surface area contributed by atoms with Crippen LogP contribution in [-0.4, -0.2) is 28.8 Å². The van der Waals surface area contributed by atoms with E-state index in [2.05, 4.69) is 46.0 Å². The number of H-pyrrole nitrogens is 1. The number of nitrogens with one attached hydrogen (secondary N) is 3. The van der Waals surface area contributed by atoms with Crippen molar-refractivity contribution in [3.8, 4) is 0 Å². The summed E-state index contributed by atoms with van der Waals surface area (Å²) in [6.45, 7) is 3.38. The van der Waals surface area contributed by atoms with E-state index >= 15 is 0 Å². The summed E-state index contributed by atoms with van der Waals surface area (Å²) in [7, 11) is 0. The topological polar surface area (TPSA) is 52.7 Å². The van der Waals surface area contributed by atoms with Gasteiger partial charge in [-0.25, -0.2) is 0 Å². The Labute approximate surface area is 120 Å². The smallest absolute Gasteiger partial charge is 0.0651 e. The van der Waals surface area contributed by atoms with E-state index in [9.17, 15) is 0 Å². The van der Waals surface area contributed by atoms with Gasteiger partial charge in [0.2, 0.25) is 0 Å². The Balaban J connectivity index is 1.53. The van der Waals surface area contributed by atoms with Crippen molar-refractivity contribution in [2.45, 2.75) is 51.1 Å². The maximum Gasteiger partial charge on any atom is 0.0651 e. The van der Waals surface area contributed by atoms with Gasteiger partial charge in [0.05, 0.1) is 11.7 Å². The quantitative estimate of drug-likeness (QED) is 0.783. The Morgan fingerprint density at radius 3 is 2.80 bits per heavy atom. The molecule has 108 valence electrons. The normalized spacial score (nSPS) is 23.1. The third-order valence-electron chi connectivity index (χ3n) is 4.22. The van der Waals surface area contributed by atoms with Crippen LogP contribution in [-0.2, 0) is 0 Å². The molecule has 20 heavy (non-hydrogen) atoms. The van der Waals surface area contributed by atoms with Crippen LogP contribution < -0.4 is 10.6 Å². The van der Waals surface area contributed by atoms with E-state index in [1.54, 1.807) is 0 Å². The first-order chi connectivity index (χ1) is 9.85. The number of benzene rings is 1.